The molecule has 1 heterocycles. The van der Waals surface area contributed by atoms with Crippen LogP contribution < -0.4 is 11.5 Å². The summed E-state index contributed by atoms with van der Waals surface area (Å²) in [5, 5.41) is 13.9. The second-order valence-corrected chi connectivity index (χ2v) is 3.71. The van der Waals surface area contributed by atoms with Crippen molar-refractivity contribution in [2.75, 3.05) is 0 Å². The van der Waals surface area contributed by atoms with E-state index in [1.807, 2.05) is 6.92 Å². The van der Waals surface area contributed by atoms with Crippen LogP contribution in [-0.4, -0.2) is 32.3 Å². The van der Waals surface area contributed by atoms with E-state index in [0.29, 0.717) is 5.95 Å². The molecule has 0 amide bonds. The van der Waals surface area contributed by atoms with Crippen LogP contribution in [0.15, 0.2) is 4.99 Å². The minimum atomic E-state index is -1.83. The third-order valence-electron chi connectivity index (χ3n) is 2.36. The number of aliphatic imine (C=N–C) groups is 1. The second kappa shape index (κ2) is 5.80. The van der Waals surface area contributed by atoms with Crippen molar-refractivity contribution in [3.05, 3.63) is 17.0 Å². The first-order chi connectivity index (χ1) is 8.40. The Morgan fingerprint density at radius 1 is 1.28 bits per heavy atom. The van der Waals surface area contributed by atoms with E-state index in [9.17, 15) is 0 Å². The molecule has 1 aliphatic carbocycles. The highest BCUT2D eigenvalue weighted by molar-refractivity contribution is 5.77. The van der Waals surface area contributed by atoms with Gasteiger partial charge in [-0.25, -0.2) is 14.8 Å². The van der Waals surface area contributed by atoms with E-state index in [1.165, 1.54) is 5.56 Å². The molecule has 0 saturated carbocycles. The van der Waals surface area contributed by atoms with E-state index in [4.69, 9.17) is 26.5 Å². The van der Waals surface area contributed by atoms with Crippen molar-refractivity contribution in [1.82, 2.24) is 9.97 Å². The molecule has 8 heteroatoms. The lowest BCUT2D eigenvalue weighted by molar-refractivity contribution is 0.137. The topological polar surface area (TPSA) is 148 Å². The monoisotopic (exact) mass is 253 g/mol. The predicted molar refractivity (Wildman–Crippen MR) is 64.9 cm³/mol. The van der Waals surface area contributed by atoms with Gasteiger partial charge in [0.2, 0.25) is 0 Å². The molecule has 0 aromatic carbocycles. The number of carboxylic acid groups (broad SMARTS) is 2. The summed E-state index contributed by atoms with van der Waals surface area (Å²) >= 11 is 0. The largest absolute Gasteiger partial charge is 0.503 e. The number of hydrogen-bond donors (Lipinski definition) is 4. The van der Waals surface area contributed by atoms with Crippen LogP contribution in [0.5, 0.6) is 0 Å². The van der Waals surface area contributed by atoms with Gasteiger partial charge in [-0.15, -0.1) is 0 Å². The summed E-state index contributed by atoms with van der Waals surface area (Å²) in [5.41, 5.74) is 13.9. The van der Waals surface area contributed by atoms with E-state index in [1.54, 1.807) is 0 Å². The Labute approximate surface area is 103 Å². The fourth-order valence-corrected chi connectivity index (χ4v) is 1.77. The molecular weight excluding hydrogens is 238 g/mol. The summed E-state index contributed by atoms with van der Waals surface area (Å²) in [4.78, 5) is 20.9. The second-order valence-electron chi connectivity index (χ2n) is 3.71. The fourth-order valence-electron chi connectivity index (χ4n) is 1.77. The molecule has 6 N–H and O–H groups in total. The van der Waals surface area contributed by atoms with E-state index in [-0.39, 0.29) is 5.96 Å². The molecule has 1 aliphatic rings. The molecule has 2 rings (SSSR count). The van der Waals surface area contributed by atoms with Crippen LogP contribution in [0.2, 0.25) is 0 Å². The Kier molecular flexibility index (Phi) is 4.41. The van der Waals surface area contributed by atoms with Crippen LogP contribution in [0.25, 0.3) is 0 Å². The molecule has 0 spiro atoms. The molecule has 8 nitrogen and oxygen atoms in total. The van der Waals surface area contributed by atoms with Gasteiger partial charge in [0, 0.05) is 11.4 Å². The number of aromatic nitrogens is 2. The third-order valence-corrected chi connectivity index (χ3v) is 2.36. The lowest BCUT2D eigenvalue weighted by Gasteiger charge is -2.03. The van der Waals surface area contributed by atoms with E-state index >= 15 is 0 Å². The number of aryl methyl sites for hydroxylation is 2. The van der Waals surface area contributed by atoms with Crippen molar-refractivity contribution in [3.63, 3.8) is 0 Å². The summed E-state index contributed by atoms with van der Waals surface area (Å²) in [5.74, 6) is 0.380. The molecule has 0 aliphatic heterocycles. The average Bonchev–Trinajstić information content (AvgIpc) is 2.63. The number of rotatable bonds is 1. The maximum absolute atomic E-state index is 8.56. The van der Waals surface area contributed by atoms with Crippen molar-refractivity contribution in [3.8, 4) is 0 Å². The van der Waals surface area contributed by atoms with Gasteiger partial charge < -0.3 is 21.7 Å². The van der Waals surface area contributed by atoms with Crippen LogP contribution in [0, 0.1) is 6.92 Å². The quantitative estimate of drug-likeness (QED) is 0.418. The van der Waals surface area contributed by atoms with E-state index in [2.05, 4.69) is 15.0 Å². The highest BCUT2D eigenvalue weighted by atomic mass is 16.6. The first-order valence-corrected chi connectivity index (χ1v) is 5.28. The highest BCUT2D eigenvalue weighted by Gasteiger charge is 2.16. The van der Waals surface area contributed by atoms with Crippen LogP contribution >= 0.6 is 0 Å². The van der Waals surface area contributed by atoms with Gasteiger partial charge in [-0.1, -0.05) is 0 Å². The average molecular weight is 253 g/mol. The van der Waals surface area contributed by atoms with Crippen molar-refractivity contribution in [2.45, 2.75) is 26.2 Å². The number of fused-ring (bicyclic) bond motifs is 1. The van der Waals surface area contributed by atoms with Gasteiger partial charge >= 0.3 is 6.16 Å². The van der Waals surface area contributed by atoms with E-state index < -0.39 is 6.16 Å². The molecule has 0 radical (unpaired) electrons. The van der Waals surface area contributed by atoms with Gasteiger partial charge in [0.1, 0.15) is 0 Å². The normalized spacial score (nSPS) is 12.1. The van der Waals surface area contributed by atoms with Crippen molar-refractivity contribution >= 4 is 18.1 Å². The minimum Gasteiger partial charge on any atom is -0.450 e. The number of hydrogen-bond acceptors (Lipinski definition) is 4. The maximum atomic E-state index is 8.56. The summed E-state index contributed by atoms with van der Waals surface area (Å²) < 4.78 is 0. The van der Waals surface area contributed by atoms with Crippen LogP contribution in [0.4, 0.5) is 10.7 Å². The predicted octanol–water partition coefficient (Wildman–Crippen LogP) is 0.401. The van der Waals surface area contributed by atoms with E-state index in [0.717, 1.165) is 30.7 Å². The molecule has 0 fully saturated rings. The molecule has 0 unspecified atom stereocenters. The van der Waals surface area contributed by atoms with Crippen molar-refractivity contribution in [2.24, 2.45) is 16.5 Å². The number of nitrogens with zero attached hydrogens (tertiary/aromatic N) is 3. The van der Waals surface area contributed by atoms with Gasteiger partial charge in [0.15, 0.2) is 5.96 Å². The Bertz CT molecular complexity index is 479. The Morgan fingerprint density at radius 2 is 1.89 bits per heavy atom. The molecular formula is C10H15N5O3. The maximum Gasteiger partial charge on any atom is 0.503 e. The van der Waals surface area contributed by atoms with Gasteiger partial charge in [-0.3, -0.25) is 0 Å². The molecule has 18 heavy (non-hydrogen) atoms. The zero-order valence-corrected chi connectivity index (χ0v) is 9.92. The Morgan fingerprint density at radius 3 is 2.44 bits per heavy atom. The van der Waals surface area contributed by atoms with Crippen LogP contribution in [0.3, 0.4) is 0 Å². The SMILES string of the molecule is Cc1nc(N=C(N)N)nc2c1CCC2.O=C(O)O. The van der Waals surface area contributed by atoms with Gasteiger partial charge in [0.05, 0.1) is 0 Å². The first-order valence-electron chi connectivity index (χ1n) is 5.28. The lowest BCUT2D eigenvalue weighted by Crippen LogP contribution is -2.22. The molecule has 0 atom stereocenters. The zero-order valence-electron chi connectivity index (χ0n) is 9.92. The number of carbonyl (C=O) groups is 1. The summed E-state index contributed by atoms with van der Waals surface area (Å²) in [6.07, 6.45) is 1.39. The molecule has 1 aromatic heterocycles. The zero-order chi connectivity index (χ0) is 13.7. The van der Waals surface area contributed by atoms with Gasteiger partial charge in [-0.05, 0) is 31.7 Å². The van der Waals surface area contributed by atoms with Crippen molar-refractivity contribution < 1.29 is 15.0 Å². The Balaban J connectivity index is 0.000000357. The summed E-state index contributed by atoms with van der Waals surface area (Å²) in [7, 11) is 0. The molecule has 0 saturated heterocycles. The van der Waals surface area contributed by atoms with Crippen LogP contribution in [0.1, 0.15) is 23.4 Å². The fraction of sp³-hybridized carbons (Fsp3) is 0.400. The molecule has 1 aromatic rings. The smallest absolute Gasteiger partial charge is 0.450 e. The standard InChI is InChI=1S/C9H13N5.CH2O3/c1-5-6-3-2-4-7(6)13-9(12-5)14-8(10)11;2-1(3)4/h2-4H2,1H3,(H4,10,11,12,13,14);(H2,2,3,4). The molecule has 0 bridgehead atoms. The van der Waals surface area contributed by atoms with Crippen molar-refractivity contribution in [1.29, 1.82) is 0 Å². The molecule has 98 valence electrons. The van der Waals surface area contributed by atoms with Crippen LogP contribution in [-0.2, 0) is 12.8 Å². The van der Waals surface area contributed by atoms with Gasteiger partial charge in [0.25, 0.3) is 5.95 Å². The Hall–Kier alpha value is -2.38. The van der Waals surface area contributed by atoms with Gasteiger partial charge in [-0.2, -0.15) is 4.99 Å². The number of guanidine groups is 1. The minimum absolute atomic E-state index is 0.00217. The lowest BCUT2D eigenvalue weighted by atomic mass is 10.2. The highest BCUT2D eigenvalue weighted by Crippen LogP contribution is 2.23. The summed E-state index contributed by atoms with van der Waals surface area (Å²) in [6.45, 7) is 1.97. The third kappa shape index (κ3) is 3.89. The number of nitrogens with two attached hydrogens (primary N) is 2. The summed E-state index contributed by atoms with van der Waals surface area (Å²) in [6, 6.07) is 0. The first kappa shape index (κ1) is 13.7.